The Morgan fingerprint density at radius 2 is 1.89 bits per heavy atom. The Balaban J connectivity index is 1.86. The molecule has 2 aliphatic rings. The second-order valence-corrected chi connectivity index (χ2v) is 5.44. The molecule has 1 aliphatic heterocycles. The van der Waals surface area contributed by atoms with Crippen LogP contribution in [-0.2, 0) is 9.53 Å². The third-order valence-electron chi connectivity index (χ3n) is 4.09. The molecule has 2 atom stereocenters. The molecule has 1 aliphatic carbocycles. The highest BCUT2D eigenvalue weighted by Crippen LogP contribution is 2.25. The molecule has 1 saturated carbocycles. The predicted molar refractivity (Wildman–Crippen MR) is 67.0 cm³/mol. The van der Waals surface area contributed by atoms with E-state index in [0.717, 1.165) is 12.8 Å². The Morgan fingerprint density at radius 3 is 2.50 bits per heavy atom. The number of amides is 2. The van der Waals surface area contributed by atoms with Gasteiger partial charge in [0.05, 0.1) is 13.0 Å². The van der Waals surface area contributed by atoms with E-state index in [4.69, 9.17) is 4.74 Å². The molecule has 2 unspecified atom stereocenters. The molecule has 0 radical (unpaired) electrons. The summed E-state index contributed by atoms with van der Waals surface area (Å²) in [4.78, 5) is 25.4. The average molecular weight is 254 g/mol. The minimum atomic E-state index is -0.210. The first-order valence-corrected chi connectivity index (χ1v) is 6.75. The van der Waals surface area contributed by atoms with Crippen LogP contribution in [0.25, 0.3) is 0 Å². The molecule has 5 heteroatoms. The van der Waals surface area contributed by atoms with Gasteiger partial charge in [-0.15, -0.1) is 0 Å². The van der Waals surface area contributed by atoms with Crippen molar-refractivity contribution in [3.63, 3.8) is 0 Å². The molecule has 0 aromatic rings. The SMILES string of the molecule is COC(=O)C1CN(C(=O)NC2CCCC2)CC1C. The first kappa shape index (κ1) is 13.2. The zero-order valence-corrected chi connectivity index (χ0v) is 11.1. The lowest BCUT2D eigenvalue weighted by atomic mass is 9.99. The lowest BCUT2D eigenvalue weighted by molar-refractivity contribution is -0.145. The van der Waals surface area contributed by atoms with Gasteiger partial charge >= 0.3 is 12.0 Å². The van der Waals surface area contributed by atoms with Gasteiger partial charge in [0, 0.05) is 19.1 Å². The number of hydrogen-bond acceptors (Lipinski definition) is 3. The number of carbonyl (C=O) groups is 2. The van der Waals surface area contributed by atoms with Crippen LogP contribution in [0.4, 0.5) is 4.79 Å². The predicted octanol–water partition coefficient (Wildman–Crippen LogP) is 1.38. The van der Waals surface area contributed by atoms with Gasteiger partial charge in [-0.3, -0.25) is 4.79 Å². The highest BCUT2D eigenvalue weighted by molar-refractivity contribution is 5.78. The van der Waals surface area contributed by atoms with Gasteiger partial charge in [0.2, 0.25) is 0 Å². The summed E-state index contributed by atoms with van der Waals surface area (Å²) < 4.78 is 4.77. The minimum Gasteiger partial charge on any atom is -0.469 e. The van der Waals surface area contributed by atoms with Crippen molar-refractivity contribution < 1.29 is 14.3 Å². The third-order valence-corrected chi connectivity index (χ3v) is 4.09. The number of ether oxygens (including phenoxy) is 1. The van der Waals surface area contributed by atoms with Crippen LogP contribution in [0, 0.1) is 11.8 Å². The van der Waals surface area contributed by atoms with Crippen molar-refractivity contribution in [3.8, 4) is 0 Å². The van der Waals surface area contributed by atoms with Crippen LogP contribution in [-0.4, -0.2) is 43.1 Å². The molecule has 2 rings (SSSR count). The van der Waals surface area contributed by atoms with Gasteiger partial charge in [-0.05, 0) is 18.8 Å². The highest BCUT2D eigenvalue weighted by Gasteiger charge is 2.38. The summed E-state index contributed by atoms with van der Waals surface area (Å²) in [5, 5.41) is 3.05. The second-order valence-electron chi connectivity index (χ2n) is 5.44. The van der Waals surface area contributed by atoms with Crippen LogP contribution in [0.3, 0.4) is 0 Å². The number of nitrogens with zero attached hydrogens (tertiary/aromatic N) is 1. The number of methoxy groups -OCH3 is 1. The number of nitrogens with one attached hydrogen (secondary N) is 1. The van der Waals surface area contributed by atoms with Crippen LogP contribution in [0.2, 0.25) is 0 Å². The second kappa shape index (κ2) is 5.59. The fraction of sp³-hybridized carbons (Fsp3) is 0.846. The first-order chi connectivity index (χ1) is 8.61. The van der Waals surface area contributed by atoms with Crippen LogP contribution in [0.15, 0.2) is 0 Å². The molecule has 2 amide bonds. The van der Waals surface area contributed by atoms with Crippen LogP contribution in [0.5, 0.6) is 0 Å². The Hall–Kier alpha value is -1.26. The Labute approximate surface area is 108 Å². The summed E-state index contributed by atoms with van der Waals surface area (Å²) >= 11 is 0. The highest BCUT2D eigenvalue weighted by atomic mass is 16.5. The molecular formula is C13H22N2O3. The molecule has 2 fully saturated rings. The molecule has 1 N–H and O–H groups in total. The minimum absolute atomic E-state index is 0.0276. The molecule has 5 nitrogen and oxygen atoms in total. The summed E-state index contributed by atoms with van der Waals surface area (Å²) in [6, 6.07) is 0.296. The largest absolute Gasteiger partial charge is 0.469 e. The zero-order valence-electron chi connectivity index (χ0n) is 11.1. The van der Waals surface area contributed by atoms with E-state index in [0.29, 0.717) is 19.1 Å². The first-order valence-electron chi connectivity index (χ1n) is 6.75. The molecule has 102 valence electrons. The van der Waals surface area contributed by atoms with E-state index in [1.165, 1.54) is 20.0 Å². The van der Waals surface area contributed by atoms with Gasteiger partial charge in [-0.1, -0.05) is 19.8 Å². The summed E-state index contributed by atoms with van der Waals surface area (Å²) in [5.74, 6) is -0.213. The summed E-state index contributed by atoms with van der Waals surface area (Å²) in [5.41, 5.74) is 0. The quantitative estimate of drug-likeness (QED) is 0.757. The maximum absolute atomic E-state index is 12.1. The molecule has 0 aromatic heterocycles. The Morgan fingerprint density at radius 1 is 1.22 bits per heavy atom. The normalized spacial score (nSPS) is 28.4. The summed E-state index contributed by atoms with van der Waals surface area (Å²) in [7, 11) is 1.40. The molecule has 18 heavy (non-hydrogen) atoms. The summed E-state index contributed by atoms with van der Waals surface area (Å²) in [6.45, 7) is 3.11. The van der Waals surface area contributed by atoms with Gasteiger partial charge < -0.3 is 15.0 Å². The number of carbonyl (C=O) groups excluding carboxylic acids is 2. The van der Waals surface area contributed by atoms with Crippen molar-refractivity contribution in [1.29, 1.82) is 0 Å². The number of likely N-dealkylation sites (tertiary alicyclic amines) is 1. The number of hydrogen-bond donors (Lipinski definition) is 1. The summed E-state index contributed by atoms with van der Waals surface area (Å²) in [6.07, 6.45) is 4.56. The molecule has 1 heterocycles. The van der Waals surface area contributed by atoms with Gasteiger partial charge in [0.25, 0.3) is 0 Å². The van der Waals surface area contributed by atoms with Gasteiger partial charge in [-0.25, -0.2) is 4.79 Å². The zero-order chi connectivity index (χ0) is 13.1. The standard InChI is InChI=1S/C13H22N2O3/c1-9-7-15(8-11(9)12(16)18-2)13(17)14-10-5-3-4-6-10/h9-11H,3-8H2,1-2H3,(H,14,17). The average Bonchev–Trinajstić information content (AvgIpc) is 2.97. The maximum atomic E-state index is 12.1. The van der Waals surface area contributed by atoms with E-state index in [-0.39, 0.29) is 23.8 Å². The molecular weight excluding hydrogens is 232 g/mol. The van der Waals surface area contributed by atoms with Crippen LogP contribution >= 0.6 is 0 Å². The van der Waals surface area contributed by atoms with E-state index in [1.807, 2.05) is 6.92 Å². The van der Waals surface area contributed by atoms with E-state index < -0.39 is 0 Å². The van der Waals surface area contributed by atoms with Crippen molar-refractivity contribution in [1.82, 2.24) is 10.2 Å². The van der Waals surface area contributed by atoms with Gasteiger partial charge in [-0.2, -0.15) is 0 Å². The van der Waals surface area contributed by atoms with Crippen molar-refractivity contribution >= 4 is 12.0 Å². The lowest BCUT2D eigenvalue weighted by Gasteiger charge is -2.20. The fourth-order valence-corrected chi connectivity index (χ4v) is 2.93. The van der Waals surface area contributed by atoms with E-state index in [9.17, 15) is 9.59 Å². The Kier molecular flexibility index (Phi) is 4.09. The number of urea groups is 1. The van der Waals surface area contributed by atoms with E-state index in [1.54, 1.807) is 4.90 Å². The molecule has 0 aromatic carbocycles. The number of esters is 1. The van der Waals surface area contributed by atoms with E-state index in [2.05, 4.69) is 5.32 Å². The molecule has 1 saturated heterocycles. The smallest absolute Gasteiger partial charge is 0.317 e. The van der Waals surface area contributed by atoms with Crippen LogP contribution < -0.4 is 5.32 Å². The monoisotopic (exact) mass is 254 g/mol. The van der Waals surface area contributed by atoms with Crippen molar-refractivity contribution in [3.05, 3.63) is 0 Å². The lowest BCUT2D eigenvalue weighted by Crippen LogP contribution is -2.43. The van der Waals surface area contributed by atoms with Gasteiger partial charge in [0.15, 0.2) is 0 Å². The third kappa shape index (κ3) is 2.76. The van der Waals surface area contributed by atoms with Crippen molar-refractivity contribution in [2.24, 2.45) is 11.8 Å². The number of rotatable bonds is 2. The Bertz CT molecular complexity index is 326. The molecule has 0 bridgehead atoms. The van der Waals surface area contributed by atoms with Crippen molar-refractivity contribution in [2.45, 2.75) is 38.6 Å². The fourth-order valence-electron chi connectivity index (χ4n) is 2.93. The molecule has 0 spiro atoms. The maximum Gasteiger partial charge on any atom is 0.317 e. The van der Waals surface area contributed by atoms with Crippen LogP contribution in [0.1, 0.15) is 32.6 Å². The topological polar surface area (TPSA) is 58.6 Å². The van der Waals surface area contributed by atoms with Crippen molar-refractivity contribution in [2.75, 3.05) is 20.2 Å². The van der Waals surface area contributed by atoms with Gasteiger partial charge in [0.1, 0.15) is 0 Å². The van der Waals surface area contributed by atoms with E-state index >= 15 is 0 Å².